The minimum absolute atomic E-state index is 1.09. The van der Waals surface area contributed by atoms with Gasteiger partial charge in [-0.05, 0) is 104 Å². The third-order valence-corrected chi connectivity index (χ3v) is 11.0. The van der Waals surface area contributed by atoms with Crippen molar-refractivity contribution < 1.29 is 0 Å². The molecule has 0 radical (unpaired) electrons. The first-order valence-electron chi connectivity index (χ1n) is 19.8. The van der Waals surface area contributed by atoms with Crippen molar-refractivity contribution in [1.82, 2.24) is 0 Å². The van der Waals surface area contributed by atoms with Gasteiger partial charge in [0, 0.05) is 33.9 Å². The predicted molar refractivity (Wildman–Crippen MR) is 247 cm³/mol. The molecule has 274 valence electrons. The summed E-state index contributed by atoms with van der Waals surface area (Å²) < 4.78 is 0. The minimum atomic E-state index is 1.09. The van der Waals surface area contributed by atoms with E-state index in [0.717, 1.165) is 50.8 Å². The van der Waals surface area contributed by atoms with E-state index in [1.165, 1.54) is 38.2 Å². The Morgan fingerprint density at radius 2 is 0.759 bits per heavy atom. The second kappa shape index (κ2) is 15.5. The van der Waals surface area contributed by atoms with Gasteiger partial charge in [-0.3, -0.25) is 0 Å². The number of para-hydroxylation sites is 3. The molecule has 0 spiro atoms. The van der Waals surface area contributed by atoms with E-state index >= 15 is 0 Å². The van der Waals surface area contributed by atoms with Gasteiger partial charge in [-0.2, -0.15) is 0 Å². The largest absolute Gasteiger partial charge is 0.310 e. The van der Waals surface area contributed by atoms with Crippen LogP contribution in [0.4, 0.5) is 34.1 Å². The number of benzene rings is 10. The number of fused-ring (bicyclic) bond motifs is 2. The summed E-state index contributed by atoms with van der Waals surface area (Å²) in [5.74, 6) is 0. The van der Waals surface area contributed by atoms with Gasteiger partial charge in [0.05, 0.1) is 11.4 Å². The molecular formula is C56H40N2. The zero-order chi connectivity index (χ0) is 38.7. The first-order valence-corrected chi connectivity index (χ1v) is 19.8. The van der Waals surface area contributed by atoms with Gasteiger partial charge in [0.25, 0.3) is 0 Å². The third-order valence-electron chi connectivity index (χ3n) is 11.0. The molecular weight excluding hydrogens is 701 g/mol. The van der Waals surface area contributed by atoms with Crippen LogP contribution in [0.2, 0.25) is 0 Å². The molecule has 0 atom stereocenters. The van der Waals surface area contributed by atoms with Gasteiger partial charge in [0.1, 0.15) is 0 Å². The fourth-order valence-corrected chi connectivity index (χ4v) is 8.26. The van der Waals surface area contributed by atoms with Crippen LogP contribution in [0.25, 0.3) is 54.9 Å². The molecule has 58 heavy (non-hydrogen) atoms. The summed E-state index contributed by atoms with van der Waals surface area (Å²) in [5, 5.41) is 4.87. The third kappa shape index (κ3) is 6.67. The van der Waals surface area contributed by atoms with Gasteiger partial charge < -0.3 is 9.80 Å². The SMILES string of the molecule is c1ccc(-c2c(N(c3cccc(-c4ccc(-c5ccccc5N(c5ccccc5)c5ccccc5)cc4)c3)c3ccc4ccccc4c3)ccc3ccccc23)cc1. The highest BCUT2D eigenvalue weighted by atomic mass is 15.1. The van der Waals surface area contributed by atoms with Crippen molar-refractivity contribution in [1.29, 1.82) is 0 Å². The molecule has 0 amide bonds. The lowest BCUT2D eigenvalue weighted by Crippen LogP contribution is -2.11. The minimum Gasteiger partial charge on any atom is -0.310 e. The van der Waals surface area contributed by atoms with E-state index in [1.807, 2.05) is 0 Å². The molecule has 0 saturated carbocycles. The van der Waals surface area contributed by atoms with Crippen molar-refractivity contribution >= 4 is 55.7 Å². The number of hydrogen-bond donors (Lipinski definition) is 0. The summed E-state index contributed by atoms with van der Waals surface area (Å²) in [6.07, 6.45) is 0. The zero-order valence-corrected chi connectivity index (χ0v) is 32.0. The van der Waals surface area contributed by atoms with E-state index in [9.17, 15) is 0 Å². The van der Waals surface area contributed by atoms with Crippen LogP contribution in [0, 0.1) is 0 Å². The smallest absolute Gasteiger partial charge is 0.0546 e. The lowest BCUT2D eigenvalue weighted by atomic mass is 9.94. The van der Waals surface area contributed by atoms with E-state index in [-0.39, 0.29) is 0 Å². The van der Waals surface area contributed by atoms with Crippen LogP contribution in [0.1, 0.15) is 0 Å². The first-order chi connectivity index (χ1) is 28.8. The molecule has 10 aromatic rings. The highest BCUT2D eigenvalue weighted by Gasteiger charge is 2.21. The van der Waals surface area contributed by atoms with Gasteiger partial charge in [0.2, 0.25) is 0 Å². The van der Waals surface area contributed by atoms with Crippen LogP contribution in [0.15, 0.2) is 243 Å². The van der Waals surface area contributed by atoms with Crippen molar-refractivity contribution in [2.45, 2.75) is 0 Å². The Bertz CT molecular complexity index is 2950. The molecule has 2 heteroatoms. The average Bonchev–Trinajstić information content (AvgIpc) is 3.30. The molecule has 2 nitrogen and oxygen atoms in total. The molecule has 0 N–H and O–H groups in total. The summed E-state index contributed by atoms with van der Waals surface area (Å²) in [6, 6.07) is 87.3. The molecule has 0 heterocycles. The van der Waals surface area contributed by atoms with Crippen LogP contribution in [-0.4, -0.2) is 0 Å². The normalized spacial score (nSPS) is 11.1. The van der Waals surface area contributed by atoms with E-state index in [4.69, 9.17) is 0 Å². The molecule has 0 aliphatic heterocycles. The van der Waals surface area contributed by atoms with E-state index in [2.05, 4.69) is 252 Å². The summed E-state index contributed by atoms with van der Waals surface area (Å²) in [4.78, 5) is 4.77. The number of rotatable bonds is 9. The second-order valence-corrected chi connectivity index (χ2v) is 14.6. The van der Waals surface area contributed by atoms with Crippen LogP contribution in [-0.2, 0) is 0 Å². The standard InChI is InChI=1S/C56H40N2/c1-4-19-45(20-5-1)56-53-29-13-12-18-43(53)36-38-55(56)58(51-37-35-41-17-10-11-21-46(41)40-51)50-27-16-22-47(39-50)42-31-33-44(34-32-42)52-28-14-15-30-54(52)57(48-23-6-2-7-24-48)49-25-8-3-9-26-49/h1-40H. The molecule has 0 aliphatic rings. The number of anilines is 6. The maximum atomic E-state index is 2.43. The summed E-state index contributed by atoms with van der Waals surface area (Å²) >= 11 is 0. The van der Waals surface area contributed by atoms with Crippen LogP contribution in [0.3, 0.4) is 0 Å². The topological polar surface area (TPSA) is 6.48 Å². The predicted octanol–water partition coefficient (Wildman–Crippen LogP) is 15.9. The van der Waals surface area contributed by atoms with Gasteiger partial charge in [-0.15, -0.1) is 0 Å². The van der Waals surface area contributed by atoms with Crippen molar-refractivity contribution in [3.8, 4) is 33.4 Å². The lowest BCUT2D eigenvalue weighted by Gasteiger charge is -2.29. The van der Waals surface area contributed by atoms with Crippen LogP contribution in [0.5, 0.6) is 0 Å². The van der Waals surface area contributed by atoms with Crippen molar-refractivity contribution in [3.05, 3.63) is 243 Å². The Morgan fingerprint density at radius 1 is 0.241 bits per heavy atom. The van der Waals surface area contributed by atoms with Crippen molar-refractivity contribution in [3.63, 3.8) is 0 Å². The molecule has 0 bridgehead atoms. The zero-order valence-electron chi connectivity index (χ0n) is 32.0. The van der Waals surface area contributed by atoms with Gasteiger partial charge in [-0.25, -0.2) is 0 Å². The first kappa shape index (κ1) is 34.8. The van der Waals surface area contributed by atoms with Crippen molar-refractivity contribution in [2.75, 3.05) is 9.80 Å². The van der Waals surface area contributed by atoms with Crippen LogP contribution < -0.4 is 9.80 Å². The molecule has 0 unspecified atom stereocenters. The van der Waals surface area contributed by atoms with Gasteiger partial charge in [-0.1, -0.05) is 182 Å². The Balaban J connectivity index is 1.08. The van der Waals surface area contributed by atoms with Crippen LogP contribution >= 0.6 is 0 Å². The van der Waals surface area contributed by atoms with E-state index in [1.54, 1.807) is 0 Å². The summed E-state index contributed by atoms with van der Waals surface area (Å²) in [5.41, 5.74) is 13.7. The second-order valence-electron chi connectivity index (χ2n) is 14.6. The average molecular weight is 741 g/mol. The highest BCUT2D eigenvalue weighted by Crippen LogP contribution is 2.46. The Kier molecular flexibility index (Phi) is 9.27. The summed E-state index contributed by atoms with van der Waals surface area (Å²) in [6.45, 7) is 0. The summed E-state index contributed by atoms with van der Waals surface area (Å²) in [7, 11) is 0. The molecule has 10 rings (SSSR count). The molecule has 0 saturated heterocycles. The fourth-order valence-electron chi connectivity index (χ4n) is 8.26. The molecule has 10 aromatic carbocycles. The Hall–Kier alpha value is -7.68. The lowest BCUT2D eigenvalue weighted by molar-refractivity contribution is 1.28. The molecule has 0 fully saturated rings. The van der Waals surface area contributed by atoms with E-state index < -0.39 is 0 Å². The van der Waals surface area contributed by atoms with Crippen molar-refractivity contribution in [2.24, 2.45) is 0 Å². The number of hydrogen-bond acceptors (Lipinski definition) is 2. The van der Waals surface area contributed by atoms with E-state index in [0.29, 0.717) is 0 Å². The maximum Gasteiger partial charge on any atom is 0.0546 e. The molecule has 0 aromatic heterocycles. The Labute approximate surface area is 340 Å². The Morgan fingerprint density at radius 3 is 1.50 bits per heavy atom. The maximum absolute atomic E-state index is 2.43. The fraction of sp³-hybridized carbons (Fsp3) is 0. The monoisotopic (exact) mass is 740 g/mol. The van der Waals surface area contributed by atoms with Gasteiger partial charge >= 0.3 is 0 Å². The van der Waals surface area contributed by atoms with Gasteiger partial charge in [0.15, 0.2) is 0 Å². The number of nitrogens with zero attached hydrogens (tertiary/aromatic N) is 2. The molecule has 0 aliphatic carbocycles. The quantitative estimate of drug-likeness (QED) is 0.145. The highest BCUT2D eigenvalue weighted by molar-refractivity contribution is 6.06.